The Labute approximate surface area is 105 Å². The van der Waals surface area contributed by atoms with Crippen LogP contribution in [0.2, 0.25) is 0 Å². The van der Waals surface area contributed by atoms with Gasteiger partial charge in [-0.25, -0.2) is 0 Å². The van der Waals surface area contributed by atoms with Crippen molar-refractivity contribution < 1.29 is 0 Å². The zero-order chi connectivity index (χ0) is 12.1. The highest BCUT2D eigenvalue weighted by Gasteiger charge is 2.45. The monoisotopic (exact) mass is 232 g/mol. The van der Waals surface area contributed by atoms with E-state index in [4.69, 9.17) is 0 Å². The first kappa shape index (κ1) is 12.6. The maximum atomic E-state index is 3.64. The average Bonchev–Trinajstić information content (AvgIpc) is 3.12. The van der Waals surface area contributed by atoms with Gasteiger partial charge in [0.25, 0.3) is 0 Å². The lowest BCUT2D eigenvalue weighted by molar-refractivity contribution is 0.182. The fourth-order valence-electron chi connectivity index (χ4n) is 2.50. The Hall–Kier alpha value is -0.860. The molecule has 0 unspecified atom stereocenters. The van der Waals surface area contributed by atoms with Crippen molar-refractivity contribution in [2.45, 2.75) is 38.8 Å². The van der Waals surface area contributed by atoms with Gasteiger partial charge >= 0.3 is 0 Å². The highest BCUT2D eigenvalue weighted by Crippen LogP contribution is 2.37. The summed E-state index contributed by atoms with van der Waals surface area (Å²) in [5.74, 6) is 0. The Balaban J connectivity index is 0.000000514. The molecule has 1 saturated carbocycles. The van der Waals surface area contributed by atoms with Crippen molar-refractivity contribution in [3.8, 4) is 0 Å². The van der Waals surface area contributed by atoms with Gasteiger partial charge in [0.1, 0.15) is 0 Å². The zero-order valence-corrected chi connectivity index (χ0v) is 11.1. The highest BCUT2D eigenvalue weighted by atomic mass is 15.2. The molecule has 17 heavy (non-hydrogen) atoms. The second-order valence-electron chi connectivity index (χ2n) is 4.90. The molecule has 1 N–H and O–H groups in total. The van der Waals surface area contributed by atoms with Crippen molar-refractivity contribution in [1.29, 1.82) is 0 Å². The van der Waals surface area contributed by atoms with Gasteiger partial charge in [-0.3, -0.25) is 4.90 Å². The molecule has 0 bridgehead atoms. The van der Waals surface area contributed by atoms with Crippen LogP contribution >= 0.6 is 0 Å². The second-order valence-corrected chi connectivity index (χ2v) is 4.90. The lowest BCUT2D eigenvalue weighted by Gasteiger charge is -2.34. The van der Waals surface area contributed by atoms with E-state index >= 15 is 0 Å². The molecule has 0 radical (unpaired) electrons. The van der Waals surface area contributed by atoms with Crippen LogP contribution in [0.3, 0.4) is 0 Å². The molecule has 1 saturated heterocycles. The lowest BCUT2D eigenvalue weighted by Crippen LogP contribution is -2.51. The van der Waals surface area contributed by atoms with Gasteiger partial charge in [0, 0.05) is 31.7 Å². The van der Waals surface area contributed by atoms with Crippen LogP contribution in [0.5, 0.6) is 0 Å². The molecule has 1 aromatic carbocycles. The summed E-state index contributed by atoms with van der Waals surface area (Å²) in [5, 5.41) is 3.64. The molecule has 2 aliphatic rings. The minimum atomic E-state index is 0.507. The Morgan fingerprint density at radius 2 is 1.88 bits per heavy atom. The molecular formula is C15H24N2. The molecule has 0 amide bonds. The predicted octanol–water partition coefficient (Wildman–Crippen LogP) is 2.65. The molecule has 2 fully saturated rings. The summed E-state index contributed by atoms with van der Waals surface area (Å²) in [7, 11) is 0. The van der Waals surface area contributed by atoms with E-state index in [-0.39, 0.29) is 0 Å². The van der Waals surface area contributed by atoms with Gasteiger partial charge in [-0.05, 0) is 18.4 Å². The van der Waals surface area contributed by atoms with Crippen LogP contribution in [0.15, 0.2) is 30.3 Å². The molecule has 2 nitrogen and oxygen atoms in total. The number of nitrogens with zero attached hydrogens (tertiary/aromatic N) is 1. The number of benzene rings is 1. The van der Waals surface area contributed by atoms with Gasteiger partial charge in [0.15, 0.2) is 0 Å². The Bertz CT molecular complexity index is 330. The second kappa shape index (κ2) is 5.65. The molecule has 1 heterocycles. The van der Waals surface area contributed by atoms with Crippen molar-refractivity contribution in [3.63, 3.8) is 0 Å². The maximum Gasteiger partial charge on any atom is 0.0310 e. The normalized spacial score (nSPS) is 21.8. The molecule has 1 aliphatic carbocycles. The van der Waals surface area contributed by atoms with Gasteiger partial charge in [0.05, 0.1) is 0 Å². The zero-order valence-electron chi connectivity index (χ0n) is 11.1. The summed E-state index contributed by atoms with van der Waals surface area (Å²) >= 11 is 0. The average molecular weight is 232 g/mol. The van der Waals surface area contributed by atoms with Crippen molar-refractivity contribution in [2.75, 3.05) is 19.6 Å². The summed E-state index contributed by atoms with van der Waals surface area (Å²) in [6.45, 7) is 8.70. The van der Waals surface area contributed by atoms with Crippen LogP contribution in [-0.2, 0) is 6.54 Å². The Morgan fingerprint density at radius 1 is 1.18 bits per heavy atom. The summed E-state index contributed by atoms with van der Waals surface area (Å²) in [4.78, 5) is 2.58. The number of rotatable bonds is 2. The first-order valence-corrected chi connectivity index (χ1v) is 6.88. The topological polar surface area (TPSA) is 15.3 Å². The van der Waals surface area contributed by atoms with E-state index in [9.17, 15) is 0 Å². The summed E-state index contributed by atoms with van der Waals surface area (Å²) in [6.07, 6.45) is 2.75. The van der Waals surface area contributed by atoms with Crippen molar-refractivity contribution in [1.82, 2.24) is 10.2 Å². The van der Waals surface area contributed by atoms with E-state index < -0.39 is 0 Å². The van der Waals surface area contributed by atoms with E-state index in [1.54, 1.807) is 0 Å². The van der Waals surface area contributed by atoms with Crippen LogP contribution in [-0.4, -0.2) is 30.1 Å². The van der Waals surface area contributed by atoms with E-state index in [2.05, 4.69) is 40.5 Å². The van der Waals surface area contributed by atoms with Crippen molar-refractivity contribution >= 4 is 0 Å². The summed E-state index contributed by atoms with van der Waals surface area (Å²) < 4.78 is 0. The van der Waals surface area contributed by atoms with Gasteiger partial charge < -0.3 is 5.32 Å². The van der Waals surface area contributed by atoms with Gasteiger partial charge in [0.2, 0.25) is 0 Å². The number of nitrogens with one attached hydrogen (secondary N) is 1. The molecule has 1 aliphatic heterocycles. The third kappa shape index (κ3) is 3.30. The number of piperazine rings is 1. The van der Waals surface area contributed by atoms with Crippen LogP contribution in [0.25, 0.3) is 0 Å². The van der Waals surface area contributed by atoms with Crippen LogP contribution in [0.4, 0.5) is 0 Å². The van der Waals surface area contributed by atoms with Gasteiger partial charge in [-0.1, -0.05) is 44.2 Å². The molecule has 3 rings (SSSR count). The summed E-state index contributed by atoms with van der Waals surface area (Å²) in [6, 6.07) is 10.8. The SMILES string of the molecule is CC.c1ccc(CN2CCNC3(CC3)C2)cc1. The minimum Gasteiger partial charge on any atom is -0.309 e. The third-order valence-electron chi connectivity index (χ3n) is 3.56. The van der Waals surface area contributed by atoms with Gasteiger partial charge in [-0.2, -0.15) is 0 Å². The number of hydrogen-bond donors (Lipinski definition) is 1. The largest absolute Gasteiger partial charge is 0.309 e. The quantitative estimate of drug-likeness (QED) is 0.843. The van der Waals surface area contributed by atoms with Crippen LogP contribution in [0.1, 0.15) is 32.3 Å². The van der Waals surface area contributed by atoms with Crippen molar-refractivity contribution in [2.24, 2.45) is 0 Å². The molecule has 1 spiro atoms. The molecular weight excluding hydrogens is 208 g/mol. The lowest BCUT2D eigenvalue weighted by atomic mass is 10.1. The standard InChI is InChI=1S/C13H18N2.C2H6/c1-2-4-12(5-3-1)10-15-9-8-14-13(11-15)6-7-13;1-2/h1-5,14H,6-11H2;1-2H3. The maximum absolute atomic E-state index is 3.64. The molecule has 0 atom stereocenters. The van der Waals surface area contributed by atoms with Gasteiger partial charge in [-0.15, -0.1) is 0 Å². The third-order valence-corrected chi connectivity index (χ3v) is 3.56. The molecule has 0 aromatic heterocycles. The van der Waals surface area contributed by atoms with E-state index in [0.717, 1.165) is 13.1 Å². The van der Waals surface area contributed by atoms with Crippen LogP contribution < -0.4 is 5.32 Å². The smallest absolute Gasteiger partial charge is 0.0310 e. The fraction of sp³-hybridized carbons (Fsp3) is 0.600. The first-order chi connectivity index (χ1) is 8.36. The van der Waals surface area contributed by atoms with E-state index in [0.29, 0.717) is 5.54 Å². The minimum absolute atomic E-state index is 0.507. The Kier molecular flexibility index (Phi) is 4.19. The first-order valence-electron chi connectivity index (χ1n) is 6.88. The van der Waals surface area contributed by atoms with Crippen LogP contribution in [0, 0.1) is 0 Å². The van der Waals surface area contributed by atoms with E-state index in [1.165, 1.54) is 31.5 Å². The molecule has 1 aromatic rings. The molecule has 94 valence electrons. The number of hydrogen-bond acceptors (Lipinski definition) is 2. The fourth-order valence-corrected chi connectivity index (χ4v) is 2.50. The van der Waals surface area contributed by atoms with E-state index in [1.807, 2.05) is 13.8 Å². The van der Waals surface area contributed by atoms with Crippen molar-refractivity contribution in [3.05, 3.63) is 35.9 Å². The predicted molar refractivity (Wildman–Crippen MR) is 73.0 cm³/mol. The molecule has 2 heteroatoms. The Morgan fingerprint density at radius 3 is 2.53 bits per heavy atom. The highest BCUT2D eigenvalue weighted by molar-refractivity contribution is 5.15. The summed E-state index contributed by atoms with van der Waals surface area (Å²) in [5.41, 5.74) is 1.95.